The van der Waals surface area contributed by atoms with Gasteiger partial charge in [-0.3, -0.25) is 9.78 Å². The Hall–Kier alpha value is -0.940. The van der Waals surface area contributed by atoms with E-state index in [1.54, 1.807) is 6.20 Å². The van der Waals surface area contributed by atoms with Crippen molar-refractivity contribution in [3.05, 3.63) is 28.0 Å². The molecule has 5 heteroatoms. The molecule has 1 aromatic rings. The summed E-state index contributed by atoms with van der Waals surface area (Å²) in [7, 11) is 0. The summed E-state index contributed by atoms with van der Waals surface area (Å²) in [5, 5.41) is 8.95. The second-order valence-corrected chi connectivity index (χ2v) is 4.49. The number of hydrogen-bond donors (Lipinski definition) is 2. The Morgan fingerprint density at radius 3 is 3.00 bits per heavy atom. The first kappa shape index (κ1) is 9.61. The van der Waals surface area contributed by atoms with Gasteiger partial charge in [0, 0.05) is 29.2 Å². The number of fused-ring (bicyclic) bond motifs is 1. The number of halogens is 1. The van der Waals surface area contributed by atoms with Crippen LogP contribution in [0.1, 0.15) is 11.3 Å². The third-order valence-electron chi connectivity index (χ3n) is 2.44. The summed E-state index contributed by atoms with van der Waals surface area (Å²) < 4.78 is 0.853. The van der Waals surface area contributed by atoms with Crippen LogP contribution < -0.4 is 5.73 Å². The maximum absolute atomic E-state index is 10.9. The van der Waals surface area contributed by atoms with Crippen molar-refractivity contribution in [2.75, 3.05) is 0 Å². The first-order valence-corrected chi connectivity index (χ1v) is 4.96. The molecule has 0 fully saturated rings. The molecule has 1 aliphatic rings. The highest BCUT2D eigenvalue weighted by molar-refractivity contribution is 9.10. The third kappa shape index (κ3) is 1.42. The molecule has 14 heavy (non-hydrogen) atoms. The Balaban J connectivity index is 2.39. The van der Waals surface area contributed by atoms with Gasteiger partial charge in [-0.05, 0) is 27.6 Å². The fourth-order valence-electron chi connectivity index (χ4n) is 1.67. The van der Waals surface area contributed by atoms with E-state index in [0.717, 1.165) is 15.7 Å². The predicted molar refractivity (Wildman–Crippen MR) is 53.9 cm³/mol. The maximum atomic E-state index is 10.9. The van der Waals surface area contributed by atoms with Crippen molar-refractivity contribution in [3.63, 3.8) is 0 Å². The van der Waals surface area contributed by atoms with Gasteiger partial charge in [0.1, 0.15) is 5.54 Å². The van der Waals surface area contributed by atoms with Gasteiger partial charge in [0.25, 0.3) is 0 Å². The molecule has 74 valence electrons. The summed E-state index contributed by atoms with van der Waals surface area (Å²) >= 11 is 3.29. The SMILES string of the molecule is NC1(C(=O)O)Cc2cc(Br)cnc2C1. The Morgan fingerprint density at radius 1 is 1.64 bits per heavy atom. The number of aromatic nitrogens is 1. The predicted octanol–water partition coefficient (Wildman–Crippen LogP) is 0.725. The first-order valence-electron chi connectivity index (χ1n) is 4.17. The zero-order valence-electron chi connectivity index (χ0n) is 7.33. The summed E-state index contributed by atoms with van der Waals surface area (Å²) in [4.78, 5) is 15.1. The van der Waals surface area contributed by atoms with Crippen molar-refractivity contribution in [2.45, 2.75) is 18.4 Å². The van der Waals surface area contributed by atoms with Crippen LogP contribution in [0.25, 0.3) is 0 Å². The van der Waals surface area contributed by atoms with Crippen molar-refractivity contribution in [1.29, 1.82) is 0 Å². The highest BCUT2D eigenvalue weighted by Crippen LogP contribution is 2.28. The Morgan fingerprint density at radius 2 is 2.36 bits per heavy atom. The zero-order chi connectivity index (χ0) is 10.3. The standard InChI is InChI=1S/C9H9BrN2O2/c10-6-1-5-2-9(11,8(13)14)3-7(5)12-4-6/h1,4H,2-3,11H2,(H,13,14). The average Bonchev–Trinajstić information content (AvgIpc) is 2.42. The van der Waals surface area contributed by atoms with Crippen molar-refractivity contribution < 1.29 is 9.90 Å². The van der Waals surface area contributed by atoms with E-state index in [9.17, 15) is 4.79 Å². The largest absolute Gasteiger partial charge is 0.480 e. The summed E-state index contributed by atoms with van der Waals surface area (Å²) in [5.41, 5.74) is 6.29. The van der Waals surface area contributed by atoms with Crippen LogP contribution in [0.4, 0.5) is 0 Å². The number of aliphatic carboxylic acids is 1. The molecule has 0 bridgehead atoms. The second-order valence-electron chi connectivity index (χ2n) is 3.57. The van der Waals surface area contributed by atoms with Crippen LogP contribution in [-0.2, 0) is 17.6 Å². The molecule has 0 saturated heterocycles. The average molecular weight is 257 g/mol. The number of nitrogens with zero attached hydrogens (tertiary/aromatic N) is 1. The monoisotopic (exact) mass is 256 g/mol. The van der Waals surface area contributed by atoms with Crippen LogP contribution in [0.5, 0.6) is 0 Å². The molecule has 4 nitrogen and oxygen atoms in total. The van der Waals surface area contributed by atoms with E-state index in [4.69, 9.17) is 10.8 Å². The lowest BCUT2D eigenvalue weighted by molar-refractivity contribution is -0.142. The van der Waals surface area contributed by atoms with Gasteiger partial charge in [0.15, 0.2) is 0 Å². The summed E-state index contributed by atoms with van der Waals surface area (Å²) in [6.45, 7) is 0. The van der Waals surface area contributed by atoms with Crippen molar-refractivity contribution in [1.82, 2.24) is 4.98 Å². The van der Waals surface area contributed by atoms with E-state index in [0.29, 0.717) is 12.8 Å². The summed E-state index contributed by atoms with van der Waals surface area (Å²) in [5.74, 6) is -0.966. The Kier molecular flexibility index (Phi) is 2.08. The van der Waals surface area contributed by atoms with Crippen LogP contribution in [0.2, 0.25) is 0 Å². The first-order chi connectivity index (χ1) is 6.51. The summed E-state index contributed by atoms with van der Waals surface area (Å²) in [6, 6.07) is 1.87. The zero-order valence-corrected chi connectivity index (χ0v) is 8.91. The lowest BCUT2D eigenvalue weighted by Gasteiger charge is -2.16. The minimum atomic E-state index is -1.17. The van der Waals surface area contributed by atoms with Gasteiger partial charge in [-0.15, -0.1) is 0 Å². The Labute approximate surface area is 89.3 Å². The van der Waals surface area contributed by atoms with E-state index in [1.807, 2.05) is 6.07 Å². The van der Waals surface area contributed by atoms with E-state index in [2.05, 4.69) is 20.9 Å². The molecular weight excluding hydrogens is 248 g/mol. The molecular formula is C9H9BrN2O2. The van der Waals surface area contributed by atoms with Gasteiger partial charge in [0.05, 0.1) is 0 Å². The molecule has 1 aliphatic carbocycles. The van der Waals surface area contributed by atoms with Crippen molar-refractivity contribution in [2.24, 2.45) is 5.73 Å². The third-order valence-corrected chi connectivity index (χ3v) is 2.87. The molecule has 1 heterocycles. The molecule has 0 spiro atoms. The molecule has 2 rings (SSSR count). The second kappa shape index (κ2) is 3.03. The number of pyridine rings is 1. The van der Waals surface area contributed by atoms with Gasteiger partial charge >= 0.3 is 5.97 Å². The van der Waals surface area contributed by atoms with Gasteiger partial charge in [-0.1, -0.05) is 0 Å². The highest BCUT2D eigenvalue weighted by Gasteiger charge is 2.41. The maximum Gasteiger partial charge on any atom is 0.324 e. The van der Waals surface area contributed by atoms with Crippen LogP contribution >= 0.6 is 15.9 Å². The molecule has 0 radical (unpaired) electrons. The summed E-state index contributed by atoms with van der Waals surface area (Å²) in [6.07, 6.45) is 2.32. The number of carboxylic acids is 1. The minimum absolute atomic E-state index is 0.310. The van der Waals surface area contributed by atoms with Crippen LogP contribution in [-0.4, -0.2) is 21.6 Å². The minimum Gasteiger partial charge on any atom is -0.480 e. The number of rotatable bonds is 1. The molecule has 0 aromatic carbocycles. The lowest BCUT2D eigenvalue weighted by Crippen LogP contribution is -2.48. The fourth-order valence-corrected chi connectivity index (χ4v) is 2.05. The number of hydrogen-bond acceptors (Lipinski definition) is 3. The molecule has 1 aromatic heterocycles. The molecule has 1 atom stereocenters. The van der Waals surface area contributed by atoms with Gasteiger partial charge in [0.2, 0.25) is 0 Å². The van der Waals surface area contributed by atoms with E-state index in [1.165, 1.54) is 0 Å². The normalized spacial score (nSPS) is 24.7. The number of carboxylic acid groups (broad SMARTS) is 1. The van der Waals surface area contributed by atoms with Crippen LogP contribution in [0.15, 0.2) is 16.7 Å². The van der Waals surface area contributed by atoms with E-state index in [-0.39, 0.29) is 0 Å². The van der Waals surface area contributed by atoms with E-state index < -0.39 is 11.5 Å². The van der Waals surface area contributed by atoms with Crippen LogP contribution in [0, 0.1) is 0 Å². The highest BCUT2D eigenvalue weighted by atomic mass is 79.9. The Bertz CT molecular complexity index is 408. The molecule has 1 unspecified atom stereocenters. The molecule has 0 saturated carbocycles. The van der Waals surface area contributed by atoms with E-state index >= 15 is 0 Å². The number of carbonyl (C=O) groups is 1. The topological polar surface area (TPSA) is 76.2 Å². The molecule has 0 amide bonds. The smallest absolute Gasteiger partial charge is 0.324 e. The fraction of sp³-hybridized carbons (Fsp3) is 0.333. The quantitative estimate of drug-likeness (QED) is 0.777. The number of nitrogens with two attached hydrogens (primary N) is 1. The molecule has 0 aliphatic heterocycles. The van der Waals surface area contributed by atoms with Gasteiger partial charge < -0.3 is 10.8 Å². The van der Waals surface area contributed by atoms with Crippen molar-refractivity contribution in [3.8, 4) is 0 Å². The lowest BCUT2D eigenvalue weighted by atomic mass is 9.98. The van der Waals surface area contributed by atoms with Gasteiger partial charge in [-0.25, -0.2) is 0 Å². The van der Waals surface area contributed by atoms with Gasteiger partial charge in [-0.2, -0.15) is 0 Å². The molecule has 3 N–H and O–H groups in total. The van der Waals surface area contributed by atoms with Crippen molar-refractivity contribution >= 4 is 21.9 Å². The van der Waals surface area contributed by atoms with Crippen LogP contribution in [0.3, 0.4) is 0 Å².